The van der Waals surface area contributed by atoms with E-state index in [0.29, 0.717) is 37.6 Å². The number of hydrogen-bond acceptors (Lipinski definition) is 4. The van der Waals surface area contributed by atoms with Gasteiger partial charge in [0.15, 0.2) is 12.6 Å². The van der Waals surface area contributed by atoms with Crippen molar-refractivity contribution in [3.63, 3.8) is 0 Å². The molecule has 0 N–H and O–H groups in total. The second kappa shape index (κ2) is 6.14. The van der Waals surface area contributed by atoms with Crippen LogP contribution in [0.4, 0.5) is 0 Å². The van der Waals surface area contributed by atoms with E-state index in [4.69, 9.17) is 14.2 Å². The molecule has 1 aliphatic rings. The van der Waals surface area contributed by atoms with Gasteiger partial charge in [0.25, 0.3) is 0 Å². The lowest BCUT2D eigenvalue weighted by molar-refractivity contribution is -0.0531. The van der Waals surface area contributed by atoms with Crippen molar-refractivity contribution >= 4 is 22.2 Å². The molecule has 0 radical (unpaired) electrons. The van der Waals surface area contributed by atoms with Gasteiger partial charge in [0.05, 0.1) is 25.4 Å². The molecular formula is C12H13BrO4. The number of aldehydes is 1. The van der Waals surface area contributed by atoms with Crippen LogP contribution in [0.3, 0.4) is 0 Å². The Bertz CT molecular complexity index is 388. The normalized spacial score (nSPS) is 16.1. The van der Waals surface area contributed by atoms with Crippen LogP contribution >= 0.6 is 15.9 Å². The highest BCUT2D eigenvalue weighted by Crippen LogP contribution is 2.22. The molecule has 0 saturated carbocycles. The maximum atomic E-state index is 10.8. The molecule has 1 aliphatic heterocycles. The Morgan fingerprint density at radius 3 is 2.88 bits per heavy atom. The second-order valence-corrected chi connectivity index (χ2v) is 4.52. The Kier molecular flexibility index (Phi) is 4.53. The van der Waals surface area contributed by atoms with Gasteiger partial charge in [0, 0.05) is 10.9 Å². The molecule has 0 unspecified atom stereocenters. The highest BCUT2D eigenvalue weighted by atomic mass is 79.9. The standard InChI is InChI=1S/C12H13BrO4/c13-10-1-2-11(9(7-10)8-14)15-4-3-12-16-5-6-17-12/h1-2,7-8,12H,3-6H2. The molecule has 0 atom stereocenters. The fraction of sp³-hybridized carbons (Fsp3) is 0.417. The molecule has 1 heterocycles. The zero-order valence-corrected chi connectivity index (χ0v) is 10.8. The van der Waals surface area contributed by atoms with E-state index in [-0.39, 0.29) is 6.29 Å². The summed E-state index contributed by atoms with van der Waals surface area (Å²) in [6, 6.07) is 5.33. The Balaban J connectivity index is 1.87. The van der Waals surface area contributed by atoms with Crippen LogP contribution in [0.25, 0.3) is 0 Å². The molecule has 17 heavy (non-hydrogen) atoms. The molecule has 1 aromatic carbocycles. The third kappa shape index (κ3) is 3.52. The topological polar surface area (TPSA) is 44.8 Å². The van der Waals surface area contributed by atoms with Crippen molar-refractivity contribution in [2.75, 3.05) is 19.8 Å². The number of ether oxygens (including phenoxy) is 3. The second-order valence-electron chi connectivity index (χ2n) is 3.61. The number of halogens is 1. The van der Waals surface area contributed by atoms with Gasteiger partial charge in [0.2, 0.25) is 0 Å². The van der Waals surface area contributed by atoms with Crippen LogP contribution in [0, 0.1) is 0 Å². The van der Waals surface area contributed by atoms with Crippen LogP contribution in [0.15, 0.2) is 22.7 Å². The molecule has 5 heteroatoms. The molecule has 4 nitrogen and oxygen atoms in total. The molecular weight excluding hydrogens is 288 g/mol. The maximum Gasteiger partial charge on any atom is 0.161 e. The summed E-state index contributed by atoms with van der Waals surface area (Å²) in [5, 5.41) is 0. The van der Waals surface area contributed by atoms with Crippen LogP contribution in [-0.4, -0.2) is 32.4 Å². The highest BCUT2D eigenvalue weighted by molar-refractivity contribution is 9.10. The first-order valence-electron chi connectivity index (χ1n) is 5.40. The van der Waals surface area contributed by atoms with Gasteiger partial charge < -0.3 is 14.2 Å². The summed E-state index contributed by atoms with van der Waals surface area (Å²) in [4.78, 5) is 10.8. The zero-order chi connectivity index (χ0) is 12.1. The van der Waals surface area contributed by atoms with E-state index in [1.54, 1.807) is 12.1 Å². The Morgan fingerprint density at radius 2 is 2.18 bits per heavy atom. The minimum atomic E-state index is -0.176. The lowest BCUT2D eigenvalue weighted by Gasteiger charge is -2.11. The van der Waals surface area contributed by atoms with Gasteiger partial charge >= 0.3 is 0 Å². The van der Waals surface area contributed by atoms with Gasteiger partial charge in [-0.25, -0.2) is 0 Å². The van der Waals surface area contributed by atoms with Crippen LogP contribution in [0.1, 0.15) is 16.8 Å². The molecule has 1 aromatic rings. The number of carbonyl (C=O) groups is 1. The van der Waals surface area contributed by atoms with E-state index in [1.165, 1.54) is 0 Å². The van der Waals surface area contributed by atoms with Gasteiger partial charge in [-0.3, -0.25) is 4.79 Å². The summed E-state index contributed by atoms with van der Waals surface area (Å²) in [7, 11) is 0. The average Bonchev–Trinajstić information content (AvgIpc) is 2.84. The minimum Gasteiger partial charge on any atom is -0.493 e. The molecule has 0 spiro atoms. The van der Waals surface area contributed by atoms with Crippen molar-refractivity contribution in [1.29, 1.82) is 0 Å². The SMILES string of the molecule is O=Cc1cc(Br)ccc1OCCC1OCCO1. The first kappa shape index (κ1) is 12.5. The quantitative estimate of drug-likeness (QED) is 0.783. The molecule has 0 bridgehead atoms. The van der Waals surface area contributed by atoms with E-state index in [2.05, 4.69) is 15.9 Å². The van der Waals surface area contributed by atoms with Crippen molar-refractivity contribution in [1.82, 2.24) is 0 Å². The predicted octanol–water partition coefficient (Wildman–Crippen LogP) is 2.40. The number of hydrogen-bond donors (Lipinski definition) is 0. The minimum absolute atomic E-state index is 0.176. The molecule has 0 amide bonds. The first-order valence-corrected chi connectivity index (χ1v) is 6.19. The summed E-state index contributed by atoms with van der Waals surface area (Å²) in [6.45, 7) is 1.75. The zero-order valence-electron chi connectivity index (χ0n) is 9.23. The van der Waals surface area contributed by atoms with Gasteiger partial charge in [0.1, 0.15) is 5.75 Å². The van der Waals surface area contributed by atoms with E-state index < -0.39 is 0 Å². The highest BCUT2D eigenvalue weighted by Gasteiger charge is 2.15. The monoisotopic (exact) mass is 300 g/mol. The Morgan fingerprint density at radius 1 is 1.41 bits per heavy atom. The van der Waals surface area contributed by atoms with Crippen LogP contribution in [0.2, 0.25) is 0 Å². The van der Waals surface area contributed by atoms with E-state index in [0.717, 1.165) is 10.8 Å². The van der Waals surface area contributed by atoms with Gasteiger partial charge in [-0.15, -0.1) is 0 Å². The number of rotatable bonds is 5. The smallest absolute Gasteiger partial charge is 0.161 e. The third-order valence-corrected chi connectivity index (χ3v) is 2.89. The van der Waals surface area contributed by atoms with Gasteiger partial charge in [-0.05, 0) is 18.2 Å². The average molecular weight is 301 g/mol. The fourth-order valence-electron chi connectivity index (χ4n) is 1.58. The van der Waals surface area contributed by atoms with E-state index in [9.17, 15) is 4.79 Å². The summed E-state index contributed by atoms with van der Waals surface area (Å²) in [6.07, 6.45) is 1.27. The van der Waals surface area contributed by atoms with Gasteiger partial charge in [-0.1, -0.05) is 15.9 Å². The Labute approximate surface area is 108 Å². The molecule has 1 fully saturated rings. The van der Waals surface area contributed by atoms with Crippen molar-refractivity contribution < 1.29 is 19.0 Å². The Hall–Kier alpha value is -0.910. The fourth-order valence-corrected chi connectivity index (χ4v) is 1.96. The van der Waals surface area contributed by atoms with Crippen LogP contribution < -0.4 is 4.74 Å². The summed E-state index contributed by atoms with van der Waals surface area (Å²) < 4.78 is 17.0. The summed E-state index contributed by atoms with van der Waals surface area (Å²) in [5.41, 5.74) is 0.535. The maximum absolute atomic E-state index is 10.8. The third-order valence-electron chi connectivity index (χ3n) is 2.40. The van der Waals surface area contributed by atoms with Crippen molar-refractivity contribution in [3.8, 4) is 5.75 Å². The van der Waals surface area contributed by atoms with Crippen LogP contribution in [-0.2, 0) is 9.47 Å². The molecule has 0 aromatic heterocycles. The largest absolute Gasteiger partial charge is 0.493 e. The lowest BCUT2D eigenvalue weighted by Crippen LogP contribution is -2.13. The summed E-state index contributed by atoms with van der Waals surface area (Å²) >= 11 is 3.30. The number of benzene rings is 1. The summed E-state index contributed by atoms with van der Waals surface area (Å²) in [5.74, 6) is 0.584. The van der Waals surface area contributed by atoms with Gasteiger partial charge in [-0.2, -0.15) is 0 Å². The van der Waals surface area contributed by atoms with Crippen molar-refractivity contribution in [2.24, 2.45) is 0 Å². The molecule has 92 valence electrons. The van der Waals surface area contributed by atoms with E-state index in [1.807, 2.05) is 6.07 Å². The number of carbonyl (C=O) groups excluding carboxylic acids is 1. The van der Waals surface area contributed by atoms with Crippen molar-refractivity contribution in [3.05, 3.63) is 28.2 Å². The van der Waals surface area contributed by atoms with Crippen molar-refractivity contribution in [2.45, 2.75) is 12.7 Å². The molecule has 1 saturated heterocycles. The first-order chi connectivity index (χ1) is 8.29. The van der Waals surface area contributed by atoms with E-state index >= 15 is 0 Å². The molecule has 0 aliphatic carbocycles. The van der Waals surface area contributed by atoms with Crippen LogP contribution in [0.5, 0.6) is 5.75 Å². The lowest BCUT2D eigenvalue weighted by atomic mass is 10.2. The predicted molar refractivity (Wildman–Crippen MR) is 65.3 cm³/mol. The molecule has 2 rings (SSSR count).